The minimum atomic E-state index is -0.0620. The Morgan fingerprint density at radius 2 is 2.38 bits per heavy atom. The molecule has 0 unspecified atom stereocenters. The first-order valence-corrected chi connectivity index (χ1v) is 5.61. The van der Waals surface area contributed by atoms with Crippen molar-refractivity contribution in [3.05, 3.63) is 24.2 Å². The zero-order valence-corrected chi connectivity index (χ0v) is 9.86. The Labute approximate surface area is 95.9 Å². The van der Waals surface area contributed by atoms with Gasteiger partial charge >= 0.3 is 0 Å². The first kappa shape index (κ1) is 12.8. The zero-order valence-electron chi connectivity index (χ0n) is 9.86. The van der Waals surface area contributed by atoms with Gasteiger partial charge in [0.05, 0.1) is 12.9 Å². The van der Waals surface area contributed by atoms with Crippen LogP contribution in [-0.4, -0.2) is 12.5 Å². The first-order chi connectivity index (χ1) is 7.68. The van der Waals surface area contributed by atoms with E-state index in [1.807, 2.05) is 26.0 Å². The van der Waals surface area contributed by atoms with Crippen LogP contribution in [0.1, 0.15) is 32.4 Å². The summed E-state index contributed by atoms with van der Waals surface area (Å²) >= 11 is 0. The lowest BCUT2D eigenvalue weighted by Gasteiger charge is -2.06. The molecule has 1 aromatic rings. The van der Waals surface area contributed by atoms with Crippen molar-refractivity contribution in [2.24, 2.45) is 5.92 Å². The van der Waals surface area contributed by atoms with Crippen molar-refractivity contribution in [3.8, 4) is 0 Å². The van der Waals surface area contributed by atoms with E-state index in [2.05, 4.69) is 5.48 Å². The summed E-state index contributed by atoms with van der Waals surface area (Å²) in [6.07, 6.45) is 3.81. The van der Waals surface area contributed by atoms with Crippen LogP contribution in [0, 0.1) is 5.92 Å². The van der Waals surface area contributed by atoms with Gasteiger partial charge in [-0.05, 0) is 24.5 Å². The van der Waals surface area contributed by atoms with Crippen LogP contribution in [0.15, 0.2) is 22.8 Å². The third-order valence-corrected chi connectivity index (χ3v) is 2.03. The van der Waals surface area contributed by atoms with E-state index in [0.29, 0.717) is 18.9 Å². The fourth-order valence-electron chi connectivity index (χ4n) is 1.32. The monoisotopic (exact) mass is 225 g/mol. The molecule has 0 saturated heterocycles. The largest absolute Gasteiger partial charge is 0.469 e. The molecule has 0 aromatic carbocycles. The minimum absolute atomic E-state index is 0.0620. The van der Waals surface area contributed by atoms with Gasteiger partial charge in [0, 0.05) is 12.8 Å². The predicted molar refractivity (Wildman–Crippen MR) is 60.6 cm³/mol. The third-order valence-electron chi connectivity index (χ3n) is 2.03. The number of hydrogen-bond acceptors (Lipinski definition) is 3. The van der Waals surface area contributed by atoms with Gasteiger partial charge in [-0.1, -0.05) is 13.8 Å². The van der Waals surface area contributed by atoms with Crippen molar-refractivity contribution in [1.82, 2.24) is 5.48 Å². The SMILES string of the molecule is CC(C)CC(=O)NOCCCc1ccco1. The summed E-state index contributed by atoms with van der Waals surface area (Å²) in [7, 11) is 0. The molecule has 0 fully saturated rings. The van der Waals surface area contributed by atoms with Gasteiger partial charge in [0.15, 0.2) is 0 Å². The minimum Gasteiger partial charge on any atom is -0.469 e. The maximum atomic E-state index is 11.2. The molecular formula is C12H19NO3. The molecule has 90 valence electrons. The maximum absolute atomic E-state index is 11.2. The second-order valence-corrected chi connectivity index (χ2v) is 4.15. The number of aryl methyl sites for hydroxylation is 1. The maximum Gasteiger partial charge on any atom is 0.243 e. The van der Waals surface area contributed by atoms with Crippen molar-refractivity contribution >= 4 is 5.91 Å². The van der Waals surface area contributed by atoms with Crippen molar-refractivity contribution < 1.29 is 14.0 Å². The quantitative estimate of drug-likeness (QED) is 0.572. The van der Waals surface area contributed by atoms with Crippen molar-refractivity contribution in [2.45, 2.75) is 33.1 Å². The highest BCUT2D eigenvalue weighted by molar-refractivity contribution is 5.74. The summed E-state index contributed by atoms with van der Waals surface area (Å²) < 4.78 is 5.17. The molecule has 1 rings (SSSR count). The van der Waals surface area contributed by atoms with E-state index in [0.717, 1.165) is 18.6 Å². The standard InChI is InChI=1S/C12H19NO3/c1-10(2)9-12(14)13-16-8-4-6-11-5-3-7-15-11/h3,5,7,10H,4,6,8-9H2,1-2H3,(H,13,14). The number of carbonyl (C=O) groups is 1. The van der Waals surface area contributed by atoms with Crippen LogP contribution in [-0.2, 0) is 16.1 Å². The van der Waals surface area contributed by atoms with Gasteiger partial charge in [0.25, 0.3) is 0 Å². The van der Waals surface area contributed by atoms with Gasteiger partial charge in [-0.25, -0.2) is 5.48 Å². The smallest absolute Gasteiger partial charge is 0.243 e. The van der Waals surface area contributed by atoms with E-state index in [-0.39, 0.29) is 5.91 Å². The van der Waals surface area contributed by atoms with Crippen LogP contribution in [0.25, 0.3) is 0 Å². The average Bonchev–Trinajstić information content (AvgIpc) is 2.68. The molecule has 0 spiro atoms. The summed E-state index contributed by atoms with van der Waals surface area (Å²) in [4.78, 5) is 16.2. The van der Waals surface area contributed by atoms with Crippen LogP contribution in [0.5, 0.6) is 0 Å². The van der Waals surface area contributed by atoms with E-state index < -0.39 is 0 Å². The molecule has 0 atom stereocenters. The van der Waals surface area contributed by atoms with Crippen molar-refractivity contribution in [1.29, 1.82) is 0 Å². The van der Waals surface area contributed by atoms with E-state index >= 15 is 0 Å². The molecule has 16 heavy (non-hydrogen) atoms. The molecule has 0 aliphatic rings. The van der Waals surface area contributed by atoms with Crippen LogP contribution >= 0.6 is 0 Å². The average molecular weight is 225 g/mol. The number of furan rings is 1. The Morgan fingerprint density at radius 3 is 3.00 bits per heavy atom. The second kappa shape index (κ2) is 7.06. The van der Waals surface area contributed by atoms with E-state index in [9.17, 15) is 4.79 Å². The van der Waals surface area contributed by atoms with Crippen molar-refractivity contribution in [3.63, 3.8) is 0 Å². The highest BCUT2D eigenvalue weighted by atomic mass is 16.6. The summed E-state index contributed by atoms with van der Waals surface area (Å²) in [6.45, 7) is 4.50. The molecule has 4 heteroatoms. The fraction of sp³-hybridized carbons (Fsp3) is 0.583. The molecule has 0 radical (unpaired) electrons. The predicted octanol–water partition coefficient (Wildman–Crippen LogP) is 2.31. The number of carbonyl (C=O) groups excluding carboxylic acids is 1. The summed E-state index contributed by atoms with van der Waals surface area (Å²) in [5.74, 6) is 1.23. The van der Waals surface area contributed by atoms with Gasteiger partial charge in [-0.3, -0.25) is 9.63 Å². The number of amides is 1. The molecule has 0 aliphatic carbocycles. The van der Waals surface area contributed by atoms with E-state index in [1.165, 1.54) is 0 Å². The Bertz CT molecular complexity index is 293. The van der Waals surface area contributed by atoms with Gasteiger partial charge < -0.3 is 4.42 Å². The van der Waals surface area contributed by atoms with Gasteiger partial charge in [0.1, 0.15) is 5.76 Å². The number of nitrogens with one attached hydrogen (secondary N) is 1. The summed E-state index contributed by atoms with van der Waals surface area (Å²) in [5.41, 5.74) is 2.42. The van der Waals surface area contributed by atoms with Crippen LogP contribution in [0.4, 0.5) is 0 Å². The normalized spacial score (nSPS) is 10.7. The molecule has 0 aliphatic heterocycles. The second-order valence-electron chi connectivity index (χ2n) is 4.15. The van der Waals surface area contributed by atoms with Crippen LogP contribution < -0.4 is 5.48 Å². The Morgan fingerprint density at radius 1 is 1.56 bits per heavy atom. The molecule has 1 amide bonds. The summed E-state index contributed by atoms with van der Waals surface area (Å²) in [6, 6.07) is 3.79. The zero-order chi connectivity index (χ0) is 11.8. The molecule has 1 heterocycles. The molecule has 0 saturated carbocycles. The van der Waals surface area contributed by atoms with Gasteiger partial charge in [-0.2, -0.15) is 0 Å². The topological polar surface area (TPSA) is 51.5 Å². The van der Waals surface area contributed by atoms with Crippen molar-refractivity contribution in [2.75, 3.05) is 6.61 Å². The van der Waals surface area contributed by atoms with Gasteiger partial charge in [0.2, 0.25) is 5.91 Å². The highest BCUT2D eigenvalue weighted by Gasteiger charge is 2.03. The van der Waals surface area contributed by atoms with E-state index in [1.54, 1.807) is 6.26 Å². The molecule has 1 N–H and O–H groups in total. The number of hydrogen-bond donors (Lipinski definition) is 1. The fourth-order valence-corrected chi connectivity index (χ4v) is 1.32. The lowest BCUT2D eigenvalue weighted by atomic mass is 10.1. The van der Waals surface area contributed by atoms with Crippen LogP contribution in [0.3, 0.4) is 0 Å². The number of rotatable bonds is 7. The lowest BCUT2D eigenvalue weighted by Crippen LogP contribution is -2.25. The number of hydroxylamine groups is 1. The Balaban J connectivity index is 1.98. The lowest BCUT2D eigenvalue weighted by molar-refractivity contribution is -0.134. The van der Waals surface area contributed by atoms with Crippen LogP contribution in [0.2, 0.25) is 0 Å². The Hall–Kier alpha value is -1.29. The highest BCUT2D eigenvalue weighted by Crippen LogP contribution is 2.03. The van der Waals surface area contributed by atoms with E-state index in [4.69, 9.17) is 9.25 Å². The molecular weight excluding hydrogens is 206 g/mol. The third kappa shape index (κ3) is 5.56. The molecule has 4 nitrogen and oxygen atoms in total. The first-order valence-electron chi connectivity index (χ1n) is 5.61. The molecule has 0 bridgehead atoms. The van der Waals surface area contributed by atoms with Gasteiger partial charge in [-0.15, -0.1) is 0 Å². The summed E-state index contributed by atoms with van der Waals surface area (Å²) in [5, 5.41) is 0. The Kier molecular flexibility index (Phi) is 5.64. The molecule has 1 aromatic heterocycles.